The molecule has 2 N–H and O–H groups in total. The summed E-state index contributed by atoms with van der Waals surface area (Å²) in [4.78, 5) is 11.0. The SMILES string of the molecule is CCCCCCCCCC(NC(C)C)C(=O)O. The summed E-state index contributed by atoms with van der Waals surface area (Å²) in [6.45, 7) is 6.19. The molecule has 1 unspecified atom stereocenters. The van der Waals surface area contributed by atoms with Crippen LogP contribution in [0.2, 0.25) is 0 Å². The van der Waals surface area contributed by atoms with Gasteiger partial charge in [0.15, 0.2) is 0 Å². The van der Waals surface area contributed by atoms with E-state index in [1.807, 2.05) is 13.8 Å². The third-order valence-electron chi connectivity index (χ3n) is 2.93. The minimum atomic E-state index is -0.718. The Bertz CT molecular complexity index is 193. The van der Waals surface area contributed by atoms with Crippen LogP contribution in [0, 0.1) is 0 Å². The summed E-state index contributed by atoms with van der Waals surface area (Å²) < 4.78 is 0. The molecule has 0 spiro atoms. The second-order valence-electron chi connectivity index (χ2n) is 5.12. The molecule has 0 saturated carbocycles. The summed E-state index contributed by atoms with van der Waals surface area (Å²) in [5.74, 6) is -0.718. The summed E-state index contributed by atoms with van der Waals surface area (Å²) in [6.07, 6.45) is 9.39. The van der Waals surface area contributed by atoms with Crippen LogP contribution < -0.4 is 5.32 Å². The lowest BCUT2D eigenvalue weighted by Gasteiger charge is -2.16. The van der Waals surface area contributed by atoms with Crippen molar-refractivity contribution in [3.63, 3.8) is 0 Å². The van der Waals surface area contributed by atoms with Crippen molar-refractivity contribution >= 4 is 5.97 Å². The van der Waals surface area contributed by atoms with Gasteiger partial charge in [0, 0.05) is 6.04 Å². The third-order valence-corrected chi connectivity index (χ3v) is 2.93. The maximum atomic E-state index is 11.0. The van der Waals surface area contributed by atoms with Gasteiger partial charge in [-0.05, 0) is 6.42 Å². The Morgan fingerprint density at radius 2 is 1.59 bits per heavy atom. The molecule has 1 atom stereocenters. The molecule has 0 aromatic carbocycles. The fraction of sp³-hybridized carbons (Fsp3) is 0.929. The van der Waals surface area contributed by atoms with E-state index in [-0.39, 0.29) is 12.1 Å². The van der Waals surface area contributed by atoms with Crippen LogP contribution in [0.25, 0.3) is 0 Å². The van der Waals surface area contributed by atoms with Gasteiger partial charge in [-0.25, -0.2) is 0 Å². The highest BCUT2D eigenvalue weighted by molar-refractivity contribution is 5.73. The van der Waals surface area contributed by atoms with Crippen molar-refractivity contribution in [1.82, 2.24) is 5.32 Å². The number of hydrogen-bond donors (Lipinski definition) is 2. The first-order valence-corrected chi connectivity index (χ1v) is 7.06. The molecule has 0 aromatic rings. The van der Waals surface area contributed by atoms with Crippen LogP contribution in [0.3, 0.4) is 0 Å². The first kappa shape index (κ1) is 16.4. The van der Waals surface area contributed by atoms with Gasteiger partial charge in [0.1, 0.15) is 6.04 Å². The number of hydrogen-bond acceptors (Lipinski definition) is 2. The molecule has 0 aliphatic rings. The number of carboxylic acid groups (broad SMARTS) is 1. The molecule has 0 amide bonds. The first-order chi connectivity index (χ1) is 8.07. The number of nitrogens with one attached hydrogen (secondary N) is 1. The molecular formula is C14H29NO2. The Hall–Kier alpha value is -0.570. The van der Waals surface area contributed by atoms with Gasteiger partial charge in [0.25, 0.3) is 0 Å². The van der Waals surface area contributed by atoms with Crippen molar-refractivity contribution < 1.29 is 9.90 Å². The van der Waals surface area contributed by atoms with Gasteiger partial charge in [-0.15, -0.1) is 0 Å². The highest BCUT2D eigenvalue weighted by Gasteiger charge is 2.16. The second kappa shape index (κ2) is 10.6. The number of carbonyl (C=O) groups is 1. The van der Waals surface area contributed by atoms with Crippen molar-refractivity contribution in [3.8, 4) is 0 Å². The number of unbranched alkanes of at least 4 members (excludes halogenated alkanes) is 6. The van der Waals surface area contributed by atoms with Crippen molar-refractivity contribution in [2.45, 2.75) is 84.2 Å². The molecule has 0 aliphatic heterocycles. The largest absolute Gasteiger partial charge is 0.480 e. The molecule has 0 bridgehead atoms. The summed E-state index contributed by atoms with van der Waals surface area (Å²) in [6, 6.07) is -0.133. The fourth-order valence-electron chi connectivity index (χ4n) is 1.99. The summed E-state index contributed by atoms with van der Waals surface area (Å²) in [7, 11) is 0. The van der Waals surface area contributed by atoms with Crippen LogP contribution in [0.5, 0.6) is 0 Å². The van der Waals surface area contributed by atoms with E-state index in [1.54, 1.807) is 0 Å². The van der Waals surface area contributed by atoms with Gasteiger partial charge >= 0.3 is 5.97 Å². The molecule has 0 saturated heterocycles. The van der Waals surface area contributed by atoms with Crippen LogP contribution >= 0.6 is 0 Å². The second-order valence-corrected chi connectivity index (χ2v) is 5.12. The molecular weight excluding hydrogens is 214 g/mol. The van der Waals surface area contributed by atoms with Gasteiger partial charge in [-0.3, -0.25) is 4.79 Å². The molecule has 0 radical (unpaired) electrons. The number of aliphatic carboxylic acids is 1. The highest BCUT2D eigenvalue weighted by Crippen LogP contribution is 2.10. The quantitative estimate of drug-likeness (QED) is 0.545. The molecule has 102 valence electrons. The third kappa shape index (κ3) is 10.3. The Morgan fingerprint density at radius 3 is 2.06 bits per heavy atom. The summed E-state index contributed by atoms with van der Waals surface area (Å²) >= 11 is 0. The minimum Gasteiger partial charge on any atom is -0.480 e. The number of rotatable bonds is 11. The van der Waals surface area contributed by atoms with Crippen LogP contribution in [0.4, 0.5) is 0 Å². The predicted octanol–water partition coefficient (Wildman–Crippen LogP) is 3.58. The molecule has 0 rings (SSSR count). The van der Waals surface area contributed by atoms with Gasteiger partial charge < -0.3 is 10.4 Å². The van der Waals surface area contributed by atoms with E-state index in [2.05, 4.69) is 12.2 Å². The average Bonchev–Trinajstić information content (AvgIpc) is 2.25. The highest BCUT2D eigenvalue weighted by atomic mass is 16.4. The first-order valence-electron chi connectivity index (χ1n) is 7.06. The molecule has 0 aromatic heterocycles. The Balaban J connectivity index is 3.51. The van der Waals surface area contributed by atoms with Crippen LogP contribution in [-0.4, -0.2) is 23.2 Å². The normalized spacial score (nSPS) is 12.9. The standard InChI is InChI=1S/C14H29NO2/c1-4-5-6-7-8-9-10-11-13(14(16)17)15-12(2)3/h12-13,15H,4-11H2,1-3H3,(H,16,17). The van der Waals surface area contributed by atoms with E-state index in [0.717, 1.165) is 19.3 Å². The van der Waals surface area contributed by atoms with Gasteiger partial charge in [0.05, 0.1) is 0 Å². The smallest absolute Gasteiger partial charge is 0.320 e. The van der Waals surface area contributed by atoms with Gasteiger partial charge in [0.2, 0.25) is 0 Å². The predicted molar refractivity (Wildman–Crippen MR) is 72.3 cm³/mol. The lowest BCUT2D eigenvalue weighted by atomic mass is 10.0. The van der Waals surface area contributed by atoms with E-state index in [1.165, 1.54) is 32.1 Å². The molecule has 0 heterocycles. The van der Waals surface area contributed by atoms with E-state index in [0.29, 0.717) is 0 Å². The van der Waals surface area contributed by atoms with Gasteiger partial charge in [-0.1, -0.05) is 65.7 Å². The monoisotopic (exact) mass is 243 g/mol. The van der Waals surface area contributed by atoms with Crippen LogP contribution in [0.15, 0.2) is 0 Å². The van der Waals surface area contributed by atoms with Crippen molar-refractivity contribution in [2.75, 3.05) is 0 Å². The maximum absolute atomic E-state index is 11.0. The van der Waals surface area contributed by atoms with Crippen molar-refractivity contribution in [1.29, 1.82) is 0 Å². The molecule has 17 heavy (non-hydrogen) atoms. The van der Waals surface area contributed by atoms with Crippen molar-refractivity contribution in [2.24, 2.45) is 0 Å². The lowest BCUT2D eigenvalue weighted by Crippen LogP contribution is -2.40. The van der Waals surface area contributed by atoms with E-state index in [4.69, 9.17) is 5.11 Å². The van der Waals surface area contributed by atoms with E-state index in [9.17, 15) is 4.79 Å². The maximum Gasteiger partial charge on any atom is 0.320 e. The summed E-state index contributed by atoms with van der Waals surface area (Å²) in [5.41, 5.74) is 0. The van der Waals surface area contributed by atoms with E-state index >= 15 is 0 Å². The topological polar surface area (TPSA) is 49.3 Å². The molecule has 0 fully saturated rings. The minimum absolute atomic E-state index is 0.237. The lowest BCUT2D eigenvalue weighted by molar-refractivity contribution is -0.139. The Labute approximate surface area is 106 Å². The molecule has 3 nitrogen and oxygen atoms in total. The Morgan fingerprint density at radius 1 is 1.06 bits per heavy atom. The van der Waals surface area contributed by atoms with Crippen molar-refractivity contribution in [3.05, 3.63) is 0 Å². The van der Waals surface area contributed by atoms with E-state index < -0.39 is 5.97 Å². The van der Waals surface area contributed by atoms with Gasteiger partial charge in [-0.2, -0.15) is 0 Å². The number of carboxylic acids is 1. The zero-order chi connectivity index (χ0) is 13.1. The zero-order valence-electron chi connectivity index (χ0n) is 11.7. The van der Waals surface area contributed by atoms with Crippen LogP contribution in [0.1, 0.15) is 72.1 Å². The van der Waals surface area contributed by atoms with Crippen LogP contribution in [-0.2, 0) is 4.79 Å². The molecule has 3 heteroatoms. The fourth-order valence-corrected chi connectivity index (χ4v) is 1.99. The zero-order valence-corrected chi connectivity index (χ0v) is 11.7. The average molecular weight is 243 g/mol. The summed E-state index contributed by atoms with van der Waals surface area (Å²) in [5, 5.41) is 12.1. The Kier molecular flexibility index (Phi) is 10.2. The molecule has 0 aliphatic carbocycles.